The molecule has 0 amide bonds. The molecule has 1 aromatic heterocycles. The van der Waals surface area contributed by atoms with E-state index in [2.05, 4.69) is 17.0 Å². The van der Waals surface area contributed by atoms with E-state index in [9.17, 15) is 14.0 Å². The van der Waals surface area contributed by atoms with E-state index in [0.29, 0.717) is 29.6 Å². The van der Waals surface area contributed by atoms with Gasteiger partial charge in [-0.2, -0.15) is 0 Å². The smallest absolute Gasteiger partial charge is 0.328 e. The van der Waals surface area contributed by atoms with Gasteiger partial charge in [0.25, 0.3) is 0 Å². The van der Waals surface area contributed by atoms with Gasteiger partial charge in [-0.15, -0.1) is 0 Å². The summed E-state index contributed by atoms with van der Waals surface area (Å²) in [6.07, 6.45) is 3.17. The van der Waals surface area contributed by atoms with E-state index >= 15 is 0 Å². The second-order valence-electron chi connectivity index (χ2n) is 7.08. The van der Waals surface area contributed by atoms with Gasteiger partial charge in [-0.1, -0.05) is 12.1 Å². The van der Waals surface area contributed by atoms with Crippen molar-refractivity contribution in [2.45, 2.75) is 25.7 Å². The van der Waals surface area contributed by atoms with Crippen LogP contribution in [-0.4, -0.2) is 63.6 Å². The summed E-state index contributed by atoms with van der Waals surface area (Å²) in [4.78, 5) is 21.5. The van der Waals surface area contributed by atoms with Gasteiger partial charge in [-0.25, -0.2) is 14.0 Å². The predicted molar refractivity (Wildman–Crippen MR) is 103 cm³/mol. The summed E-state index contributed by atoms with van der Waals surface area (Å²) in [6, 6.07) is 4.61. The van der Waals surface area contributed by atoms with Gasteiger partial charge in [-0.3, -0.25) is 0 Å². The Morgan fingerprint density at radius 2 is 1.90 bits per heavy atom. The number of halogens is 1. The molecule has 0 radical (unpaired) electrons. The molecule has 1 atom stereocenters. The van der Waals surface area contributed by atoms with Crippen molar-refractivity contribution < 1.29 is 33.8 Å². The molecule has 2 heterocycles. The molecule has 0 saturated carbocycles. The van der Waals surface area contributed by atoms with Gasteiger partial charge in [0.2, 0.25) is 0 Å². The normalized spacial score (nSPS) is 16.5. The molecule has 0 aliphatic carbocycles. The minimum absolute atomic E-state index is 0.236. The molecule has 3 N–H and O–H groups in total. The predicted octanol–water partition coefficient (Wildman–Crippen LogP) is 2.49. The number of rotatable bonds is 6. The molecule has 0 bridgehead atoms. The number of hydrogen-bond donors (Lipinski definition) is 3. The van der Waals surface area contributed by atoms with Crippen LogP contribution in [0.25, 0.3) is 11.0 Å². The number of carboxylic acid groups (broad SMARTS) is 2. The van der Waals surface area contributed by atoms with E-state index in [1.54, 1.807) is 6.07 Å². The van der Waals surface area contributed by atoms with Crippen LogP contribution >= 0.6 is 0 Å². The highest BCUT2D eigenvalue weighted by molar-refractivity contribution is 5.89. The topological polar surface area (TPSA) is 124 Å². The quantitative estimate of drug-likeness (QED) is 0.623. The molecule has 29 heavy (non-hydrogen) atoms. The van der Waals surface area contributed by atoms with Crippen LogP contribution in [0.3, 0.4) is 0 Å². The fourth-order valence-corrected chi connectivity index (χ4v) is 3.26. The van der Waals surface area contributed by atoms with Gasteiger partial charge in [-0.05, 0) is 44.0 Å². The molecule has 158 valence electrons. The molecule has 1 fully saturated rings. The number of fused-ring (bicyclic) bond motifs is 1. The third-order valence-corrected chi connectivity index (χ3v) is 4.69. The first-order valence-corrected chi connectivity index (χ1v) is 9.32. The Labute approximate surface area is 167 Å². The van der Waals surface area contributed by atoms with Gasteiger partial charge in [0.05, 0.1) is 5.69 Å². The minimum atomic E-state index is -1.26. The van der Waals surface area contributed by atoms with E-state index in [1.807, 2.05) is 0 Å². The van der Waals surface area contributed by atoms with Crippen LogP contribution in [0, 0.1) is 11.7 Å². The number of nitrogens with zero attached hydrogens (tertiary/aromatic N) is 2. The summed E-state index contributed by atoms with van der Waals surface area (Å²) >= 11 is 0. The molecule has 1 aliphatic heterocycles. The summed E-state index contributed by atoms with van der Waals surface area (Å²) in [5.41, 5.74) is 1.49. The zero-order chi connectivity index (χ0) is 21.4. The highest BCUT2D eigenvalue weighted by atomic mass is 19.1. The van der Waals surface area contributed by atoms with Crippen molar-refractivity contribution >= 4 is 22.9 Å². The van der Waals surface area contributed by atoms with Crippen LogP contribution in [0.5, 0.6) is 0 Å². The summed E-state index contributed by atoms with van der Waals surface area (Å²) in [6.45, 7) is 5.24. The number of hydrogen-bond acceptors (Lipinski definition) is 6. The van der Waals surface area contributed by atoms with Gasteiger partial charge in [0.15, 0.2) is 5.58 Å². The number of aliphatic hydroxyl groups excluding tert-OH is 1. The number of carboxylic acids is 2. The molecule has 1 saturated heterocycles. The molecule has 1 aromatic carbocycles. The van der Waals surface area contributed by atoms with E-state index in [1.165, 1.54) is 12.1 Å². The lowest BCUT2D eigenvalue weighted by molar-refractivity contribution is -0.134. The monoisotopic (exact) mass is 408 g/mol. The van der Waals surface area contributed by atoms with Crippen LogP contribution in [0.4, 0.5) is 4.39 Å². The first kappa shape index (κ1) is 22.5. The number of aliphatic carboxylic acids is 2. The Morgan fingerprint density at radius 1 is 1.28 bits per heavy atom. The van der Waals surface area contributed by atoms with Crippen LogP contribution in [0.2, 0.25) is 0 Å². The summed E-state index contributed by atoms with van der Waals surface area (Å²) in [7, 11) is 0. The van der Waals surface area contributed by atoms with Crippen molar-refractivity contribution in [3.05, 3.63) is 41.9 Å². The van der Waals surface area contributed by atoms with E-state index in [4.69, 9.17) is 19.8 Å². The van der Waals surface area contributed by atoms with E-state index in [-0.39, 0.29) is 12.4 Å². The van der Waals surface area contributed by atoms with Crippen LogP contribution in [-0.2, 0) is 9.59 Å². The number of benzene rings is 1. The molecular formula is C20H25FN2O6. The van der Waals surface area contributed by atoms with E-state index < -0.39 is 11.9 Å². The van der Waals surface area contributed by atoms with Crippen molar-refractivity contribution in [3.8, 4) is 0 Å². The van der Waals surface area contributed by atoms with Gasteiger partial charge >= 0.3 is 11.9 Å². The van der Waals surface area contributed by atoms with Crippen molar-refractivity contribution in [1.29, 1.82) is 0 Å². The highest BCUT2D eigenvalue weighted by Gasteiger charge is 2.25. The summed E-state index contributed by atoms with van der Waals surface area (Å²) in [5.74, 6) is -2.12. The second kappa shape index (κ2) is 10.7. The standard InChI is InChI=1S/C16H21FN2O2.C4H4O4/c1-11(10-20)9-19-6-4-12(5-7-19)16-14-3-2-13(17)8-15(14)21-18-16;5-3(6)1-2-4(7)8/h2-3,8,11-12,20H,4-7,9-10H2,1H3;1-2H,(H,5,6)(H,7,8)/t11-;/m1./s1. The fraction of sp³-hybridized carbons (Fsp3) is 0.450. The molecule has 2 aromatic rings. The van der Waals surface area contributed by atoms with Gasteiger partial charge in [0.1, 0.15) is 5.82 Å². The van der Waals surface area contributed by atoms with E-state index in [0.717, 1.165) is 43.6 Å². The Kier molecular flexibility index (Phi) is 8.29. The Hall–Kier alpha value is -2.78. The number of carbonyl (C=O) groups is 2. The maximum atomic E-state index is 13.2. The number of aliphatic hydroxyl groups is 1. The van der Waals surface area contributed by atoms with Crippen molar-refractivity contribution in [3.63, 3.8) is 0 Å². The van der Waals surface area contributed by atoms with Gasteiger partial charge < -0.3 is 24.7 Å². The molecule has 3 rings (SSSR count). The first-order chi connectivity index (χ1) is 13.8. The summed E-state index contributed by atoms with van der Waals surface area (Å²) < 4.78 is 18.4. The van der Waals surface area contributed by atoms with Crippen molar-refractivity contribution in [2.24, 2.45) is 5.92 Å². The molecular weight excluding hydrogens is 383 g/mol. The molecule has 9 heteroatoms. The lowest BCUT2D eigenvalue weighted by Crippen LogP contribution is -2.36. The molecule has 8 nitrogen and oxygen atoms in total. The van der Waals surface area contributed by atoms with Crippen LogP contribution < -0.4 is 0 Å². The first-order valence-electron chi connectivity index (χ1n) is 9.32. The fourth-order valence-electron chi connectivity index (χ4n) is 3.26. The molecule has 1 aliphatic rings. The SMILES string of the molecule is C[C@@H](CO)CN1CCC(c2noc3cc(F)ccc23)CC1.O=C(O)C=CC(=O)O. The highest BCUT2D eigenvalue weighted by Crippen LogP contribution is 2.32. The third kappa shape index (κ3) is 6.95. The lowest BCUT2D eigenvalue weighted by Gasteiger charge is -2.32. The Bertz CT molecular complexity index is 842. The number of piperidine rings is 1. The molecule has 0 unspecified atom stereocenters. The van der Waals surface area contributed by atoms with Crippen LogP contribution in [0.1, 0.15) is 31.4 Å². The average Bonchev–Trinajstić information content (AvgIpc) is 3.10. The minimum Gasteiger partial charge on any atom is -0.478 e. The average molecular weight is 408 g/mol. The third-order valence-electron chi connectivity index (χ3n) is 4.69. The Balaban J connectivity index is 0.000000321. The van der Waals surface area contributed by atoms with Crippen molar-refractivity contribution in [2.75, 3.05) is 26.2 Å². The van der Waals surface area contributed by atoms with Crippen LogP contribution in [0.15, 0.2) is 34.9 Å². The zero-order valence-corrected chi connectivity index (χ0v) is 16.1. The Morgan fingerprint density at radius 3 is 2.45 bits per heavy atom. The maximum absolute atomic E-state index is 13.2. The zero-order valence-electron chi connectivity index (χ0n) is 16.1. The molecule has 0 spiro atoms. The largest absolute Gasteiger partial charge is 0.478 e. The second-order valence-corrected chi connectivity index (χ2v) is 7.08. The summed E-state index contributed by atoms with van der Waals surface area (Å²) in [5, 5.41) is 29.8. The maximum Gasteiger partial charge on any atom is 0.328 e. The number of aromatic nitrogens is 1. The van der Waals surface area contributed by atoms with Crippen molar-refractivity contribution in [1.82, 2.24) is 10.1 Å². The van der Waals surface area contributed by atoms with Gasteiger partial charge in [0, 0.05) is 42.7 Å². The number of likely N-dealkylation sites (tertiary alicyclic amines) is 1. The lowest BCUT2D eigenvalue weighted by atomic mass is 9.91.